The van der Waals surface area contributed by atoms with Gasteiger partial charge < -0.3 is 29.2 Å². The van der Waals surface area contributed by atoms with E-state index in [1.807, 2.05) is 65.6 Å². The van der Waals surface area contributed by atoms with E-state index in [2.05, 4.69) is 26.1 Å². The highest BCUT2D eigenvalue weighted by Crippen LogP contribution is 2.65. The van der Waals surface area contributed by atoms with Gasteiger partial charge in [-0.25, -0.2) is 9.59 Å². The molecular weight excluding hydrogens is 681 g/mol. The molecule has 0 aromatic heterocycles. The SMILES string of the molecule is CC1=C2C[C@H]3[C@@H](CC[C@@H]4C[C@H](OC(=O)CNC(=O)OCc5ccccc5)CC[C@@]43C)[C@@H]2CC[C@@]2(C1)O[C@@H]1CCCN(C(=O)OCc3ccccc3)[C@H]1[C@H]2C. The molecule has 2 saturated heterocycles. The predicted octanol–water partition coefficient (Wildman–Crippen LogP) is 8.75. The van der Waals surface area contributed by atoms with Crippen molar-refractivity contribution in [3.8, 4) is 0 Å². The maximum absolute atomic E-state index is 13.5. The first-order valence-corrected chi connectivity index (χ1v) is 20.6. The fourth-order valence-electron chi connectivity index (χ4n) is 12.0. The lowest BCUT2D eigenvalue weighted by molar-refractivity contribution is -0.155. The number of benzene rings is 2. The monoisotopic (exact) mass is 738 g/mol. The van der Waals surface area contributed by atoms with Crippen molar-refractivity contribution in [3.05, 3.63) is 82.9 Å². The average molecular weight is 739 g/mol. The molecule has 0 radical (unpaired) electrons. The average Bonchev–Trinajstić information content (AvgIpc) is 3.66. The van der Waals surface area contributed by atoms with Gasteiger partial charge >= 0.3 is 18.2 Å². The number of carbonyl (C=O) groups excluding carboxylic acids is 3. The third kappa shape index (κ3) is 7.17. The highest BCUT2D eigenvalue weighted by molar-refractivity contribution is 5.78. The molecule has 2 aromatic rings. The van der Waals surface area contributed by atoms with Gasteiger partial charge in [0.05, 0.1) is 17.7 Å². The predicted molar refractivity (Wildman–Crippen MR) is 204 cm³/mol. The summed E-state index contributed by atoms with van der Waals surface area (Å²) in [5.41, 5.74) is 5.09. The number of alkyl carbamates (subject to hydrolysis) is 1. The highest BCUT2D eigenvalue weighted by atomic mass is 16.6. The lowest BCUT2D eigenvalue weighted by Crippen LogP contribution is -2.52. The van der Waals surface area contributed by atoms with Crippen molar-refractivity contribution in [2.45, 2.75) is 128 Å². The zero-order valence-corrected chi connectivity index (χ0v) is 32.3. The van der Waals surface area contributed by atoms with Gasteiger partial charge in [-0.3, -0.25) is 4.79 Å². The van der Waals surface area contributed by atoms with E-state index >= 15 is 0 Å². The maximum atomic E-state index is 13.5. The number of piperidine rings is 1. The number of likely N-dealkylation sites (tertiary alicyclic amines) is 1. The molecule has 54 heavy (non-hydrogen) atoms. The second-order valence-corrected chi connectivity index (χ2v) is 17.6. The largest absolute Gasteiger partial charge is 0.461 e. The number of amides is 2. The Kier molecular flexibility index (Phi) is 10.5. The number of nitrogens with zero attached hydrogens (tertiary/aromatic N) is 1. The highest BCUT2D eigenvalue weighted by Gasteiger charge is 2.60. The number of nitrogens with one attached hydrogen (secondary N) is 1. The Hall–Kier alpha value is -3.85. The molecule has 4 aliphatic carbocycles. The van der Waals surface area contributed by atoms with Crippen molar-refractivity contribution < 1.29 is 33.3 Å². The fourth-order valence-corrected chi connectivity index (χ4v) is 12.0. The van der Waals surface area contributed by atoms with E-state index in [0.717, 1.165) is 69.0 Å². The van der Waals surface area contributed by atoms with Crippen LogP contribution in [0.5, 0.6) is 0 Å². The lowest BCUT2D eigenvalue weighted by Gasteiger charge is -2.54. The summed E-state index contributed by atoms with van der Waals surface area (Å²) in [5, 5.41) is 2.55. The molecule has 290 valence electrons. The first kappa shape index (κ1) is 37.1. The van der Waals surface area contributed by atoms with E-state index in [9.17, 15) is 14.4 Å². The smallest absolute Gasteiger partial charge is 0.410 e. The van der Waals surface area contributed by atoms with Crippen molar-refractivity contribution >= 4 is 18.2 Å². The van der Waals surface area contributed by atoms with Crippen molar-refractivity contribution in [2.24, 2.45) is 35.0 Å². The summed E-state index contributed by atoms with van der Waals surface area (Å²) in [7, 11) is 0. The van der Waals surface area contributed by atoms with Crippen LogP contribution in [0, 0.1) is 35.0 Å². The van der Waals surface area contributed by atoms with Crippen LogP contribution in [0.1, 0.15) is 103 Å². The summed E-state index contributed by atoms with van der Waals surface area (Å²) < 4.78 is 24.2. The van der Waals surface area contributed by atoms with E-state index in [0.29, 0.717) is 30.3 Å². The zero-order chi connectivity index (χ0) is 37.5. The van der Waals surface area contributed by atoms with Gasteiger partial charge in [0, 0.05) is 12.5 Å². The molecule has 1 spiro atoms. The second kappa shape index (κ2) is 15.4. The minimum absolute atomic E-state index is 0.0494. The summed E-state index contributed by atoms with van der Waals surface area (Å²) in [6, 6.07) is 19.5. The number of carbonyl (C=O) groups is 3. The van der Waals surface area contributed by atoms with Crippen LogP contribution in [-0.2, 0) is 37.0 Å². The van der Waals surface area contributed by atoms with Crippen molar-refractivity contribution in [3.63, 3.8) is 0 Å². The van der Waals surface area contributed by atoms with Gasteiger partial charge in [0.15, 0.2) is 0 Å². The van der Waals surface area contributed by atoms with E-state index in [1.54, 1.807) is 5.57 Å². The van der Waals surface area contributed by atoms with E-state index in [-0.39, 0.29) is 54.4 Å². The van der Waals surface area contributed by atoms with E-state index in [4.69, 9.17) is 18.9 Å². The third-order valence-corrected chi connectivity index (χ3v) is 14.8. The summed E-state index contributed by atoms with van der Waals surface area (Å²) in [6.45, 7) is 8.22. The molecule has 2 heterocycles. The zero-order valence-electron chi connectivity index (χ0n) is 32.3. The third-order valence-electron chi connectivity index (χ3n) is 14.8. The first-order chi connectivity index (χ1) is 26.1. The molecule has 10 atom stereocenters. The number of allylic oxidation sites excluding steroid dienone is 1. The Labute approximate surface area is 320 Å². The number of hydrogen-bond acceptors (Lipinski definition) is 7. The number of rotatable bonds is 7. The van der Waals surface area contributed by atoms with Gasteiger partial charge in [0.1, 0.15) is 25.9 Å². The fraction of sp³-hybridized carbons (Fsp3) is 0.622. The first-order valence-electron chi connectivity index (χ1n) is 20.6. The number of fused-ring (bicyclic) bond motifs is 6. The van der Waals surface area contributed by atoms with Crippen LogP contribution in [-0.4, -0.2) is 60.0 Å². The summed E-state index contributed by atoms with van der Waals surface area (Å²) in [5.74, 6) is 2.29. The number of hydrogen-bond donors (Lipinski definition) is 1. The molecule has 5 fully saturated rings. The maximum Gasteiger partial charge on any atom is 0.410 e. The summed E-state index contributed by atoms with van der Waals surface area (Å²) in [6.07, 6.45) is 10.6. The molecule has 9 heteroatoms. The Morgan fingerprint density at radius 1 is 0.907 bits per heavy atom. The molecule has 2 aromatic carbocycles. The molecule has 2 aliphatic heterocycles. The van der Waals surface area contributed by atoms with Crippen molar-refractivity contribution in [1.82, 2.24) is 10.2 Å². The van der Waals surface area contributed by atoms with E-state index < -0.39 is 12.1 Å². The van der Waals surface area contributed by atoms with Crippen molar-refractivity contribution in [2.75, 3.05) is 13.1 Å². The Morgan fingerprint density at radius 2 is 1.63 bits per heavy atom. The minimum Gasteiger partial charge on any atom is -0.461 e. The lowest BCUT2D eigenvalue weighted by atomic mass is 9.52. The molecule has 8 rings (SSSR count). The summed E-state index contributed by atoms with van der Waals surface area (Å²) in [4.78, 5) is 40.4. The topological polar surface area (TPSA) is 103 Å². The Bertz CT molecular complexity index is 1710. The minimum atomic E-state index is -0.618. The Morgan fingerprint density at radius 3 is 2.37 bits per heavy atom. The van der Waals surface area contributed by atoms with E-state index in [1.165, 1.54) is 24.8 Å². The molecule has 6 aliphatic rings. The Balaban J connectivity index is 0.869. The van der Waals surface area contributed by atoms with Gasteiger partial charge in [0.25, 0.3) is 0 Å². The van der Waals surface area contributed by atoms with Gasteiger partial charge in [-0.1, -0.05) is 85.7 Å². The molecule has 3 saturated carbocycles. The van der Waals surface area contributed by atoms with Crippen LogP contribution in [0.15, 0.2) is 71.8 Å². The number of ether oxygens (including phenoxy) is 4. The molecule has 0 bridgehead atoms. The quantitative estimate of drug-likeness (QED) is 0.172. The van der Waals surface area contributed by atoms with Crippen molar-refractivity contribution in [1.29, 1.82) is 0 Å². The summed E-state index contributed by atoms with van der Waals surface area (Å²) >= 11 is 0. The van der Waals surface area contributed by atoms with Gasteiger partial charge in [-0.15, -0.1) is 0 Å². The van der Waals surface area contributed by atoms with Gasteiger partial charge in [0.2, 0.25) is 0 Å². The molecule has 9 nitrogen and oxygen atoms in total. The van der Waals surface area contributed by atoms with Crippen LogP contribution in [0.25, 0.3) is 0 Å². The van der Waals surface area contributed by atoms with Crippen LogP contribution in [0.2, 0.25) is 0 Å². The van der Waals surface area contributed by atoms with Gasteiger partial charge in [-0.2, -0.15) is 0 Å². The van der Waals surface area contributed by atoms with Crippen LogP contribution >= 0.6 is 0 Å². The molecular formula is C45H58N2O7. The normalized spacial score (nSPS) is 35.6. The number of esters is 1. The second-order valence-electron chi connectivity index (χ2n) is 17.6. The van der Waals surface area contributed by atoms with Crippen LogP contribution in [0.3, 0.4) is 0 Å². The molecule has 1 N–H and O–H groups in total. The van der Waals surface area contributed by atoms with Crippen LogP contribution < -0.4 is 5.32 Å². The standard InChI is InChI=1S/C45H58N2O7/c1-29-25-45(30(2)41-39(54-45)15-10-22-47(41)43(50)52-28-32-13-8-5-9-14-32)21-19-35-36-17-16-33-23-34(18-20-44(33,3)38(36)24-37(29)35)53-40(48)26-46-42(49)51-27-31-11-6-4-7-12-31/h4-9,11-14,30,33-36,38-39,41H,10,15-28H2,1-3H3,(H,46,49)/t30-,33-,34-,35+,36+,38+,39-,41+,44+,45+/m1/s1. The molecule has 0 unspecified atom stereocenters. The van der Waals surface area contributed by atoms with Gasteiger partial charge in [-0.05, 0) is 118 Å². The molecule has 2 amide bonds. The van der Waals surface area contributed by atoms with Crippen LogP contribution in [0.4, 0.5) is 9.59 Å².